The van der Waals surface area contributed by atoms with Crippen LogP contribution in [-0.2, 0) is 4.79 Å². The van der Waals surface area contributed by atoms with Crippen molar-refractivity contribution in [1.82, 2.24) is 15.1 Å². The number of hydrogen-bond donors (Lipinski definition) is 1. The predicted molar refractivity (Wildman–Crippen MR) is 69.4 cm³/mol. The summed E-state index contributed by atoms with van der Waals surface area (Å²) in [4.78, 5) is 23.0. The zero-order chi connectivity index (χ0) is 13.7. The van der Waals surface area contributed by atoms with Gasteiger partial charge in [-0.05, 0) is 26.2 Å². The van der Waals surface area contributed by atoms with E-state index >= 15 is 0 Å². The average Bonchev–Trinajstić information content (AvgIpc) is 2.76. The molecule has 1 N–H and O–H groups in total. The van der Waals surface area contributed by atoms with Gasteiger partial charge in [-0.1, -0.05) is 13.8 Å². The Morgan fingerprint density at radius 3 is 2.56 bits per heavy atom. The minimum atomic E-state index is -0.398. The molecule has 1 unspecified atom stereocenters. The van der Waals surface area contributed by atoms with E-state index < -0.39 is 6.04 Å². The maximum atomic E-state index is 11.8. The predicted octanol–water partition coefficient (Wildman–Crippen LogP) is 1.81. The number of hydrogen-bond acceptors (Lipinski definition) is 3. The first-order chi connectivity index (χ1) is 8.41. The summed E-state index contributed by atoms with van der Waals surface area (Å²) in [6.07, 6.45) is 4.05. The minimum absolute atomic E-state index is 0.0475. The molecule has 18 heavy (non-hydrogen) atoms. The van der Waals surface area contributed by atoms with Crippen LogP contribution in [0.5, 0.6) is 0 Å². The summed E-state index contributed by atoms with van der Waals surface area (Å²) < 4.78 is 1.52. The molecule has 0 aliphatic rings. The lowest BCUT2D eigenvalue weighted by molar-refractivity contribution is -0.124. The SMILES string of the molecule is CC(=O)c1cnn(C(C)C(=O)NCCC(C)C)c1. The van der Waals surface area contributed by atoms with Crippen LogP contribution in [0.2, 0.25) is 0 Å². The maximum Gasteiger partial charge on any atom is 0.244 e. The number of amides is 1. The number of aromatic nitrogens is 2. The molecule has 0 saturated carbocycles. The van der Waals surface area contributed by atoms with E-state index in [2.05, 4.69) is 24.3 Å². The maximum absolute atomic E-state index is 11.8. The Bertz CT molecular complexity index is 424. The van der Waals surface area contributed by atoms with E-state index in [0.29, 0.717) is 18.0 Å². The summed E-state index contributed by atoms with van der Waals surface area (Å²) in [5.41, 5.74) is 0.525. The molecule has 100 valence electrons. The lowest BCUT2D eigenvalue weighted by Gasteiger charge is -2.13. The monoisotopic (exact) mass is 251 g/mol. The largest absolute Gasteiger partial charge is 0.354 e. The molecule has 0 saturated heterocycles. The second-order valence-corrected chi connectivity index (χ2v) is 4.91. The van der Waals surface area contributed by atoms with Gasteiger partial charge < -0.3 is 5.32 Å². The Morgan fingerprint density at radius 2 is 2.06 bits per heavy atom. The van der Waals surface area contributed by atoms with Crippen molar-refractivity contribution in [2.45, 2.75) is 40.2 Å². The van der Waals surface area contributed by atoms with Crippen molar-refractivity contribution in [2.24, 2.45) is 5.92 Å². The number of ketones is 1. The van der Waals surface area contributed by atoms with Crippen molar-refractivity contribution >= 4 is 11.7 Å². The van der Waals surface area contributed by atoms with Gasteiger partial charge in [-0.3, -0.25) is 14.3 Å². The van der Waals surface area contributed by atoms with Crippen molar-refractivity contribution in [1.29, 1.82) is 0 Å². The fraction of sp³-hybridized carbons (Fsp3) is 0.615. The van der Waals surface area contributed by atoms with Crippen LogP contribution in [0.25, 0.3) is 0 Å². The van der Waals surface area contributed by atoms with Crippen molar-refractivity contribution < 1.29 is 9.59 Å². The Labute approximate surface area is 108 Å². The van der Waals surface area contributed by atoms with Gasteiger partial charge in [0.1, 0.15) is 6.04 Å². The number of carbonyl (C=O) groups excluding carboxylic acids is 2. The van der Waals surface area contributed by atoms with Crippen LogP contribution in [0, 0.1) is 5.92 Å². The molecule has 0 radical (unpaired) electrons. The Hall–Kier alpha value is -1.65. The molecule has 0 aliphatic heterocycles. The third-order valence-electron chi connectivity index (χ3n) is 2.81. The standard InChI is InChI=1S/C13H21N3O2/c1-9(2)5-6-14-13(18)10(3)16-8-12(7-15-16)11(4)17/h7-10H,5-6H2,1-4H3,(H,14,18). The van der Waals surface area contributed by atoms with Crippen LogP contribution < -0.4 is 5.32 Å². The molecule has 0 aromatic carbocycles. The van der Waals surface area contributed by atoms with Gasteiger partial charge in [0.25, 0.3) is 0 Å². The highest BCUT2D eigenvalue weighted by Crippen LogP contribution is 2.07. The Balaban J connectivity index is 2.54. The van der Waals surface area contributed by atoms with Gasteiger partial charge in [0.05, 0.1) is 11.8 Å². The van der Waals surface area contributed by atoms with E-state index in [9.17, 15) is 9.59 Å². The van der Waals surface area contributed by atoms with E-state index in [1.807, 2.05) is 0 Å². The van der Waals surface area contributed by atoms with Crippen LogP contribution in [-0.4, -0.2) is 28.0 Å². The Kier molecular flexibility index (Phi) is 5.07. The van der Waals surface area contributed by atoms with Crippen molar-refractivity contribution in [3.8, 4) is 0 Å². The van der Waals surface area contributed by atoms with Gasteiger partial charge in [0.2, 0.25) is 5.91 Å². The second-order valence-electron chi connectivity index (χ2n) is 4.91. The first-order valence-corrected chi connectivity index (χ1v) is 6.24. The molecular formula is C13H21N3O2. The average molecular weight is 251 g/mol. The summed E-state index contributed by atoms with van der Waals surface area (Å²) in [5, 5.41) is 6.90. The van der Waals surface area contributed by atoms with Crippen LogP contribution in [0.3, 0.4) is 0 Å². The number of Topliss-reactive ketones (excluding diaryl/α,β-unsaturated/α-hetero) is 1. The van der Waals surface area contributed by atoms with Crippen molar-refractivity contribution in [2.75, 3.05) is 6.54 Å². The molecule has 1 rings (SSSR count). The smallest absolute Gasteiger partial charge is 0.244 e. The molecule has 0 bridgehead atoms. The van der Waals surface area contributed by atoms with Crippen LogP contribution >= 0.6 is 0 Å². The number of nitrogens with one attached hydrogen (secondary N) is 1. The molecule has 1 atom stereocenters. The fourth-order valence-corrected chi connectivity index (χ4v) is 1.48. The van der Waals surface area contributed by atoms with Gasteiger partial charge in [0, 0.05) is 12.7 Å². The first-order valence-electron chi connectivity index (χ1n) is 6.24. The third kappa shape index (κ3) is 3.98. The van der Waals surface area contributed by atoms with Gasteiger partial charge in [-0.25, -0.2) is 0 Å². The van der Waals surface area contributed by atoms with E-state index in [0.717, 1.165) is 6.42 Å². The second kappa shape index (κ2) is 6.33. The summed E-state index contributed by atoms with van der Waals surface area (Å²) in [6.45, 7) is 8.14. The van der Waals surface area contributed by atoms with Crippen LogP contribution in [0.15, 0.2) is 12.4 Å². The van der Waals surface area contributed by atoms with Gasteiger partial charge in [0.15, 0.2) is 5.78 Å². The summed E-state index contributed by atoms with van der Waals surface area (Å²) >= 11 is 0. The van der Waals surface area contributed by atoms with Gasteiger partial charge in [-0.15, -0.1) is 0 Å². The topological polar surface area (TPSA) is 64.0 Å². The third-order valence-corrected chi connectivity index (χ3v) is 2.81. The van der Waals surface area contributed by atoms with E-state index in [1.165, 1.54) is 17.8 Å². The molecule has 0 spiro atoms. The molecular weight excluding hydrogens is 230 g/mol. The summed E-state index contributed by atoms with van der Waals surface area (Å²) in [6, 6.07) is -0.398. The van der Waals surface area contributed by atoms with E-state index in [-0.39, 0.29) is 11.7 Å². The molecule has 0 aliphatic carbocycles. The van der Waals surface area contributed by atoms with Crippen molar-refractivity contribution in [3.63, 3.8) is 0 Å². The van der Waals surface area contributed by atoms with Crippen molar-refractivity contribution in [3.05, 3.63) is 18.0 Å². The van der Waals surface area contributed by atoms with Gasteiger partial charge in [-0.2, -0.15) is 5.10 Å². The zero-order valence-corrected chi connectivity index (χ0v) is 11.4. The Morgan fingerprint density at radius 1 is 1.39 bits per heavy atom. The fourth-order valence-electron chi connectivity index (χ4n) is 1.48. The minimum Gasteiger partial charge on any atom is -0.354 e. The molecule has 5 nitrogen and oxygen atoms in total. The summed E-state index contributed by atoms with van der Waals surface area (Å²) in [5.74, 6) is 0.442. The normalized spacial score (nSPS) is 12.5. The number of carbonyl (C=O) groups is 2. The lowest BCUT2D eigenvalue weighted by Crippen LogP contribution is -2.32. The van der Waals surface area contributed by atoms with Gasteiger partial charge >= 0.3 is 0 Å². The molecule has 0 fully saturated rings. The van der Waals surface area contributed by atoms with E-state index in [1.54, 1.807) is 13.1 Å². The lowest BCUT2D eigenvalue weighted by atomic mass is 10.1. The molecule has 1 heterocycles. The zero-order valence-electron chi connectivity index (χ0n) is 11.4. The highest BCUT2D eigenvalue weighted by Gasteiger charge is 2.16. The van der Waals surface area contributed by atoms with Crippen LogP contribution in [0.4, 0.5) is 0 Å². The highest BCUT2D eigenvalue weighted by atomic mass is 16.2. The highest BCUT2D eigenvalue weighted by molar-refractivity contribution is 5.93. The molecule has 1 amide bonds. The first kappa shape index (κ1) is 14.4. The number of rotatable bonds is 6. The quantitative estimate of drug-likeness (QED) is 0.784. The number of nitrogens with zero attached hydrogens (tertiary/aromatic N) is 2. The molecule has 1 aromatic heterocycles. The summed E-state index contributed by atoms with van der Waals surface area (Å²) in [7, 11) is 0. The molecule has 1 aromatic rings. The molecule has 5 heteroatoms. The van der Waals surface area contributed by atoms with Crippen LogP contribution in [0.1, 0.15) is 50.5 Å². The van der Waals surface area contributed by atoms with E-state index in [4.69, 9.17) is 0 Å².